The monoisotopic (exact) mass is 417 g/mol. The number of nitrogens with zero attached hydrogens (tertiary/aromatic N) is 4. The van der Waals surface area contributed by atoms with E-state index in [0.29, 0.717) is 25.1 Å². The van der Waals surface area contributed by atoms with E-state index < -0.39 is 24.1 Å². The van der Waals surface area contributed by atoms with Crippen LogP contribution in [0.4, 0.5) is 4.39 Å². The van der Waals surface area contributed by atoms with E-state index in [1.54, 1.807) is 17.8 Å². The van der Waals surface area contributed by atoms with Gasteiger partial charge in [-0.15, -0.1) is 5.10 Å². The highest BCUT2D eigenvalue weighted by atomic mass is 19.1. The van der Waals surface area contributed by atoms with Crippen LogP contribution in [-0.4, -0.2) is 62.9 Å². The topological polar surface area (TPSA) is 107 Å². The van der Waals surface area contributed by atoms with Crippen LogP contribution in [0.2, 0.25) is 0 Å². The standard InChI is InChI=1S/C21H28FN5O3/c1-13(20(23)21(28)29)17-12-27(25-24-17)18-6-9-30-19-10-14(2-3-16(18)19)11-26-7-4-15(22)5-8-26/h2-3,10,12-13,15,18,20H,4-9,11,23H2,1H3,(H,28,29)/t13?,18-,20?/m1/s1. The zero-order chi connectivity index (χ0) is 21.3. The normalized spacial score (nSPS) is 22.2. The van der Waals surface area contributed by atoms with Gasteiger partial charge in [-0.25, -0.2) is 9.07 Å². The van der Waals surface area contributed by atoms with Gasteiger partial charge in [0.1, 0.15) is 18.0 Å². The van der Waals surface area contributed by atoms with Gasteiger partial charge in [-0.1, -0.05) is 24.3 Å². The molecule has 162 valence electrons. The maximum absolute atomic E-state index is 13.4. The summed E-state index contributed by atoms with van der Waals surface area (Å²) in [6.07, 6.45) is 3.06. The first-order valence-electron chi connectivity index (χ1n) is 10.4. The Morgan fingerprint density at radius 2 is 2.13 bits per heavy atom. The largest absolute Gasteiger partial charge is 0.493 e. The highest BCUT2D eigenvalue weighted by Gasteiger charge is 2.28. The van der Waals surface area contributed by atoms with Crippen LogP contribution >= 0.6 is 0 Å². The molecule has 0 aliphatic carbocycles. The van der Waals surface area contributed by atoms with Gasteiger partial charge < -0.3 is 15.6 Å². The number of carbonyl (C=O) groups is 1. The third kappa shape index (κ3) is 4.32. The molecule has 4 rings (SSSR count). The summed E-state index contributed by atoms with van der Waals surface area (Å²) in [5.41, 5.74) is 8.47. The van der Waals surface area contributed by atoms with E-state index in [4.69, 9.17) is 15.6 Å². The van der Waals surface area contributed by atoms with E-state index in [0.717, 1.165) is 42.9 Å². The Hall–Kier alpha value is -2.52. The second-order valence-electron chi connectivity index (χ2n) is 8.25. The van der Waals surface area contributed by atoms with Crippen LogP contribution in [0.5, 0.6) is 5.75 Å². The molecule has 0 bridgehead atoms. The molecule has 2 aliphatic heterocycles. The van der Waals surface area contributed by atoms with Crippen molar-refractivity contribution < 1.29 is 19.0 Å². The minimum Gasteiger partial charge on any atom is -0.493 e. The minimum atomic E-state index is -1.06. The molecule has 2 aliphatic rings. The Balaban J connectivity index is 1.50. The molecule has 8 nitrogen and oxygen atoms in total. The van der Waals surface area contributed by atoms with Crippen LogP contribution in [0.1, 0.15) is 55.0 Å². The number of halogens is 1. The molecule has 0 spiro atoms. The van der Waals surface area contributed by atoms with Crippen molar-refractivity contribution in [1.82, 2.24) is 19.9 Å². The fraction of sp³-hybridized carbons (Fsp3) is 0.571. The fourth-order valence-electron chi connectivity index (χ4n) is 4.16. The lowest BCUT2D eigenvalue weighted by Gasteiger charge is -2.30. The van der Waals surface area contributed by atoms with Crippen LogP contribution < -0.4 is 10.5 Å². The molecule has 2 aromatic rings. The number of alkyl halides is 1. The molecule has 30 heavy (non-hydrogen) atoms. The number of hydrogen-bond donors (Lipinski definition) is 2. The maximum Gasteiger partial charge on any atom is 0.321 e. The van der Waals surface area contributed by atoms with Crippen LogP contribution in [0.15, 0.2) is 24.4 Å². The summed E-state index contributed by atoms with van der Waals surface area (Å²) in [6, 6.07) is 5.15. The summed E-state index contributed by atoms with van der Waals surface area (Å²) in [6.45, 7) is 4.64. The Morgan fingerprint density at radius 3 is 2.87 bits per heavy atom. The number of fused-ring (bicyclic) bond motifs is 1. The second kappa shape index (κ2) is 8.69. The van der Waals surface area contributed by atoms with Crippen LogP contribution in [0.25, 0.3) is 0 Å². The average molecular weight is 417 g/mol. The Bertz CT molecular complexity index is 897. The van der Waals surface area contributed by atoms with Crippen LogP contribution in [-0.2, 0) is 11.3 Å². The molecular formula is C21H28FN5O3. The van der Waals surface area contributed by atoms with E-state index >= 15 is 0 Å². The highest BCUT2D eigenvalue weighted by molar-refractivity contribution is 5.74. The smallest absolute Gasteiger partial charge is 0.321 e. The molecule has 1 aromatic carbocycles. The summed E-state index contributed by atoms with van der Waals surface area (Å²) in [5, 5.41) is 17.5. The summed E-state index contributed by atoms with van der Waals surface area (Å²) in [5.74, 6) is -0.667. The number of ether oxygens (including phenoxy) is 1. The van der Waals surface area contributed by atoms with E-state index in [1.165, 1.54) is 0 Å². The third-order valence-corrected chi connectivity index (χ3v) is 6.15. The minimum absolute atomic E-state index is 0.0282. The van der Waals surface area contributed by atoms with Crippen molar-refractivity contribution in [2.75, 3.05) is 19.7 Å². The number of carboxylic acid groups (broad SMARTS) is 1. The number of carboxylic acids is 1. The Morgan fingerprint density at radius 1 is 1.37 bits per heavy atom. The van der Waals surface area contributed by atoms with Gasteiger partial charge in [-0.2, -0.15) is 0 Å². The first-order chi connectivity index (χ1) is 14.4. The van der Waals surface area contributed by atoms with Crippen molar-refractivity contribution in [3.8, 4) is 5.75 Å². The molecule has 2 unspecified atom stereocenters. The predicted molar refractivity (Wildman–Crippen MR) is 108 cm³/mol. The van der Waals surface area contributed by atoms with Gasteiger partial charge in [0.15, 0.2) is 0 Å². The number of hydrogen-bond acceptors (Lipinski definition) is 6. The average Bonchev–Trinajstić information content (AvgIpc) is 3.23. The lowest BCUT2D eigenvalue weighted by atomic mass is 9.97. The van der Waals surface area contributed by atoms with E-state index in [2.05, 4.69) is 33.4 Å². The van der Waals surface area contributed by atoms with E-state index in [1.807, 2.05) is 0 Å². The number of likely N-dealkylation sites (tertiary alicyclic amines) is 1. The number of piperidine rings is 1. The first kappa shape index (κ1) is 20.7. The number of rotatable bonds is 6. The van der Waals surface area contributed by atoms with E-state index in [9.17, 15) is 9.18 Å². The summed E-state index contributed by atoms with van der Waals surface area (Å²) in [4.78, 5) is 13.4. The first-order valence-corrected chi connectivity index (χ1v) is 10.4. The van der Waals surface area contributed by atoms with Crippen molar-refractivity contribution in [3.63, 3.8) is 0 Å². The maximum atomic E-state index is 13.4. The second-order valence-corrected chi connectivity index (χ2v) is 8.25. The molecule has 3 N–H and O–H groups in total. The van der Waals surface area contributed by atoms with Gasteiger partial charge in [0.25, 0.3) is 0 Å². The molecule has 3 heterocycles. The zero-order valence-corrected chi connectivity index (χ0v) is 17.1. The molecule has 3 atom stereocenters. The lowest BCUT2D eigenvalue weighted by molar-refractivity contribution is -0.139. The fourth-order valence-corrected chi connectivity index (χ4v) is 4.16. The van der Waals surface area contributed by atoms with Gasteiger partial charge in [0, 0.05) is 43.7 Å². The SMILES string of the molecule is CC(c1cn([C@@H]2CCOc3cc(CN4CCC(F)CC4)ccc32)nn1)C(N)C(=O)O. The molecule has 0 amide bonds. The Labute approximate surface area is 174 Å². The lowest BCUT2D eigenvalue weighted by Crippen LogP contribution is -2.35. The van der Waals surface area contributed by atoms with Crippen LogP contribution in [0.3, 0.4) is 0 Å². The molecule has 0 radical (unpaired) electrons. The molecule has 9 heteroatoms. The van der Waals surface area contributed by atoms with Gasteiger partial charge >= 0.3 is 5.97 Å². The van der Waals surface area contributed by atoms with Crippen molar-refractivity contribution >= 4 is 5.97 Å². The van der Waals surface area contributed by atoms with Crippen LogP contribution in [0, 0.1) is 0 Å². The number of aliphatic carboxylic acids is 1. The van der Waals surface area contributed by atoms with Crippen molar-refractivity contribution in [2.24, 2.45) is 5.73 Å². The quantitative estimate of drug-likeness (QED) is 0.741. The summed E-state index contributed by atoms with van der Waals surface area (Å²) >= 11 is 0. The zero-order valence-electron chi connectivity index (χ0n) is 17.1. The summed E-state index contributed by atoms with van der Waals surface area (Å²) < 4.78 is 21.0. The van der Waals surface area contributed by atoms with Gasteiger partial charge in [-0.05, 0) is 24.5 Å². The molecule has 1 saturated heterocycles. The van der Waals surface area contributed by atoms with E-state index in [-0.39, 0.29) is 6.04 Å². The molecule has 1 fully saturated rings. The third-order valence-electron chi connectivity index (χ3n) is 6.15. The molecular weight excluding hydrogens is 389 g/mol. The number of benzene rings is 1. The highest BCUT2D eigenvalue weighted by Crippen LogP contribution is 2.35. The van der Waals surface area contributed by atoms with Gasteiger partial charge in [0.2, 0.25) is 0 Å². The van der Waals surface area contributed by atoms with Crippen molar-refractivity contribution in [2.45, 2.75) is 56.9 Å². The predicted octanol–water partition coefficient (Wildman–Crippen LogP) is 2.10. The summed E-state index contributed by atoms with van der Waals surface area (Å²) in [7, 11) is 0. The molecule has 1 aromatic heterocycles. The Kier molecular flexibility index (Phi) is 6.01. The molecule has 0 saturated carbocycles. The number of nitrogens with two attached hydrogens (primary N) is 1. The van der Waals surface area contributed by atoms with Crippen molar-refractivity contribution in [1.29, 1.82) is 0 Å². The van der Waals surface area contributed by atoms with Gasteiger partial charge in [0.05, 0.1) is 18.3 Å². The van der Waals surface area contributed by atoms with Gasteiger partial charge in [-0.3, -0.25) is 9.69 Å². The number of aromatic nitrogens is 3. The van der Waals surface area contributed by atoms with Crippen molar-refractivity contribution in [3.05, 3.63) is 41.2 Å².